The van der Waals surface area contributed by atoms with E-state index in [9.17, 15) is 10.1 Å². The molecule has 0 fully saturated rings. The highest BCUT2D eigenvalue weighted by molar-refractivity contribution is 5.97. The molecule has 1 unspecified atom stereocenters. The number of carbonyl (C=O) groups is 1. The summed E-state index contributed by atoms with van der Waals surface area (Å²) in [4.78, 5) is 12.5. The third-order valence-corrected chi connectivity index (χ3v) is 4.00. The summed E-state index contributed by atoms with van der Waals surface area (Å²) in [6.07, 6.45) is 2.72. The fourth-order valence-corrected chi connectivity index (χ4v) is 2.64. The van der Waals surface area contributed by atoms with E-state index in [2.05, 4.69) is 21.6 Å². The predicted molar refractivity (Wildman–Crippen MR) is 96.5 cm³/mol. The fraction of sp³-hybridized carbons (Fsp3) is 0.150. The minimum absolute atomic E-state index is 0.308. The number of carbonyl (C=O) groups excluding carboxylic acids is 1. The maximum absolute atomic E-state index is 12.5. The van der Waals surface area contributed by atoms with Crippen LogP contribution in [0.25, 0.3) is 11.3 Å². The number of hydrogen-bond acceptors (Lipinski definition) is 3. The van der Waals surface area contributed by atoms with Crippen LogP contribution in [0.3, 0.4) is 0 Å². The normalized spacial score (nSPS) is 11.5. The largest absolute Gasteiger partial charge is 0.322 e. The third-order valence-electron chi connectivity index (χ3n) is 4.00. The van der Waals surface area contributed by atoms with E-state index in [1.54, 1.807) is 6.20 Å². The van der Waals surface area contributed by atoms with E-state index in [4.69, 9.17) is 0 Å². The van der Waals surface area contributed by atoms with Crippen molar-refractivity contribution in [3.63, 3.8) is 0 Å². The predicted octanol–water partition coefficient (Wildman–Crippen LogP) is 3.79. The van der Waals surface area contributed by atoms with E-state index in [-0.39, 0.29) is 5.91 Å². The quantitative estimate of drug-likeness (QED) is 0.721. The summed E-state index contributed by atoms with van der Waals surface area (Å²) in [6, 6.07) is 21.6. The summed E-state index contributed by atoms with van der Waals surface area (Å²) in [5.74, 6) is -1.02. The maximum Gasteiger partial charge on any atom is 0.241 e. The standard InChI is InChI=1S/C20H18N4O/c21-13-17(12-11-15-7-3-1-4-8-15)20(25)23-18-14-22-24-19(18)16-9-5-2-6-10-16/h1-10,14,17H,11-12H2,(H,22,24)(H,23,25). The molecule has 1 atom stereocenters. The topological polar surface area (TPSA) is 81.6 Å². The Morgan fingerprint density at radius 3 is 2.48 bits per heavy atom. The molecule has 0 saturated carbocycles. The van der Waals surface area contributed by atoms with E-state index in [0.717, 1.165) is 16.8 Å². The van der Waals surface area contributed by atoms with Gasteiger partial charge in [0.15, 0.2) is 0 Å². The van der Waals surface area contributed by atoms with Gasteiger partial charge < -0.3 is 5.32 Å². The number of nitrogens with one attached hydrogen (secondary N) is 2. The Kier molecular flexibility index (Phi) is 5.22. The number of hydrogen-bond donors (Lipinski definition) is 2. The zero-order chi connectivity index (χ0) is 17.5. The molecule has 1 aromatic heterocycles. The highest BCUT2D eigenvalue weighted by Crippen LogP contribution is 2.25. The van der Waals surface area contributed by atoms with Gasteiger partial charge in [-0.25, -0.2) is 0 Å². The van der Waals surface area contributed by atoms with Crippen molar-refractivity contribution in [3.8, 4) is 17.3 Å². The van der Waals surface area contributed by atoms with Crippen LogP contribution in [0, 0.1) is 17.2 Å². The first-order valence-electron chi connectivity index (χ1n) is 8.11. The zero-order valence-electron chi connectivity index (χ0n) is 13.6. The Bertz CT molecular complexity index is 865. The molecule has 1 heterocycles. The van der Waals surface area contributed by atoms with Gasteiger partial charge in [0.05, 0.1) is 23.6 Å². The lowest BCUT2D eigenvalue weighted by molar-refractivity contribution is -0.118. The molecule has 0 aliphatic heterocycles. The number of rotatable bonds is 6. The zero-order valence-corrected chi connectivity index (χ0v) is 13.6. The van der Waals surface area contributed by atoms with E-state index in [0.29, 0.717) is 18.5 Å². The lowest BCUT2D eigenvalue weighted by Gasteiger charge is -2.10. The number of nitrogens with zero attached hydrogens (tertiary/aromatic N) is 2. The molecule has 0 aliphatic carbocycles. The van der Waals surface area contributed by atoms with Gasteiger partial charge in [-0.3, -0.25) is 9.89 Å². The first-order chi connectivity index (χ1) is 12.3. The van der Waals surface area contributed by atoms with Crippen LogP contribution >= 0.6 is 0 Å². The van der Waals surface area contributed by atoms with Gasteiger partial charge in [-0.2, -0.15) is 10.4 Å². The minimum atomic E-state index is -0.710. The van der Waals surface area contributed by atoms with Gasteiger partial charge in [-0.05, 0) is 18.4 Å². The van der Waals surface area contributed by atoms with Gasteiger partial charge in [0.25, 0.3) is 0 Å². The van der Waals surface area contributed by atoms with Crippen LogP contribution in [0.15, 0.2) is 66.9 Å². The number of benzene rings is 2. The SMILES string of the molecule is N#CC(CCc1ccccc1)C(=O)Nc1cn[nH]c1-c1ccccc1. The number of aryl methyl sites for hydroxylation is 1. The van der Waals surface area contributed by atoms with Gasteiger partial charge in [0.1, 0.15) is 5.92 Å². The van der Waals surface area contributed by atoms with Crippen LogP contribution in [0.2, 0.25) is 0 Å². The number of aromatic amines is 1. The highest BCUT2D eigenvalue weighted by atomic mass is 16.1. The number of anilines is 1. The average Bonchev–Trinajstić information content (AvgIpc) is 3.12. The van der Waals surface area contributed by atoms with Gasteiger partial charge in [-0.15, -0.1) is 0 Å². The van der Waals surface area contributed by atoms with Gasteiger partial charge >= 0.3 is 0 Å². The summed E-state index contributed by atoms with van der Waals surface area (Å²) in [5, 5.41) is 19.1. The molecule has 0 saturated heterocycles. The van der Waals surface area contributed by atoms with Crippen LogP contribution < -0.4 is 5.32 Å². The van der Waals surface area contributed by atoms with Crippen LogP contribution in [0.1, 0.15) is 12.0 Å². The lowest BCUT2D eigenvalue weighted by atomic mass is 9.99. The van der Waals surface area contributed by atoms with Gasteiger partial charge in [-0.1, -0.05) is 60.7 Å². The number of nitriles is 1. The van der Waals surface area contributed by atoms with E-state index >= 15 is 0 Å². The monoisotopic (exact) mass is 330 g/mol. The summed E-state index contributed by atoms with van der Waals surface area (Å²) in [6.45, 7) is 0. The molecule has 2 aromatic carbocycles. The molecule has 0 bridgehead atoms. The Morgan fingerprint density at radius 1 is 1.12 bits per heavy atom. The van der Waals surface area contributed by atoms with Crippen molar-refractivity contribution < 1.29 is 4.79 Å². The molecule has 5 nitrogen and oxygen atoms in total. The molecular formula is C20H18N4O. The lowest BCUT2D eigenvalue weighted by Crippen LogP contribution is -2.22. The molecule has 124 valence electrons. The second-order valence-electron chi connectivity index (χ2n) is 5.72. The molecular weight excluding hydrogens is 312 g/mol. The molecule has 0 aliphatic rings. The summed E-state index contributed by atoms with van der Waals surface area (Å²) >= 11 is 0. The Hall–Kier alpha value is -3.39. The number of amides is 1. The second kappa shape index (κ2) is 7.93. The molecule has 3 aromatic rings. The van der Waals surface area contributed by atoms with Crippen molar-refractivity contribution in [2.24, 2.45) is 5.92 Å². The molecule has 25 heavy (non-hydrogen) atoms. The van der Waals surface area contributed by atoms with Gasteiger partial charge in [0.2, 0.25) is 5.91 Å². The van der Waals surface area contributed by atoms with Crippen molar-refractivity contribution in [1.82, 2.24) is 10.2 Å². The molecule has 1 amide bonds. The molecule has 5 heteroatoms. The van der Waals surface area contributed by atoms with Crippen molar-refractivity contribution in [2.75, 3.05) is 5.32 Å². The first-order valence-corrected chi connectivity index (χ1v) is 8.11. The molecule has 2 N–H and O–H groups in total. The van der Waals surface area contributed by atoms with Crippen molar-refractivity contribution in [3.05, 3.63) is 72.4 Å². The van der Waals surface area contributed by atoms with Crippen LogP contribution in [0.5, 0.6) is 0 Å². The Balaban J connectivity index is 1.67. The van der Waals surface area contributed by atoms with Crippen LogP contribution in [0.4, 0.5) is 5.69 Å². The molecule has 0 radical (unpaired) electrons. The van der Waals surface area contributed by atoms with Crippen molar-refractivity contribution >= 4 is 11.6 Å². The van der Waals surface area contributed by atoms with Crippen molar-refractivity contribution in [1.29, 1.82) is 5.26 Å². The smallest absolute Gasteiger partial charge is 0.241 e. The number of H-pyrrole nitrogens is 1. The van der Waals surface area contributed by atoms with E-state index in [1.165, 1.54) is 0 Å². The summed E-state index contributed by atoms with van der Waals surface area (Å²) in [5.41, 5.74) is 3.35. The first kappa shape index (κ1) is 16.5. The van der Waals surface area contributed by atoms with Crippen LogP contribution in [-0.4, -0.2) is 16.1 Å². The average molecular weight is 330 g/mol. The summed E-state index contributed by atoms with van der Waals surface area (Å²) < 4.78 is 0. The Labute approximate surface area is 146 Å². The molecule has 0 spiro atoms. The van der Waals surface area contributed by atoms with Crippen LogP contribution in [-0.2, 0) is 11.2 Å². The Morgan fingerprint density at radius 2 is 1.80 bits per heavy atom. The second-order valence-corrected chi connectivity index (χ2v) is 5.72. The third kappa shape index (κ3) is 4.12. The highest BCUT2D eigenvalue weighted by Gasteiger charge is 2.20. The van der Waals surface area contributed by atoms with Gasteiger partial charge in [0, 0.05) is 5.56 Å². The van der Waals surface area contributed by atoms with E-state index in [1.807, 2.05) is 60.7 Å². The maximum atomic E-state index is 12.5. The number of aromatic nitrogens is 2. The molecule has 3 rings (SSSR count). The minimum Gasteiger partial charge on any atom is -0.322 e. The summed E-state index contributed by atoms with van der Waals surface area (Å²) in [7, 11) is 0. The van der Waals surface area contributed by atoms with E-state index < -0.39 is 5.92 Å². The fourth-order valence-electron chi connectivity index (χ4n) is 2.64. The van der Waals surface area contributed by atoms with Crippen molar-refractivity contribution in [2.45, 2.75) is 12.8 Å².